The van der Waals surface area contributed by atoms with Crippen molar-refractivity contribution in [1.82, 2.24) is 0 Å². The summed E-state index contributed by atoms with van der Waals surface area (Å²) < 4.78 is 26.0. The lowest BCUT2D eigenvalue weighted by atomic mass is 10.2. The highest BCUT2D eigenvalue weighted by Crippen LogP contribution is 2.16. The molecule has 0 aliphatic carbocycles. The molecule has 9 heteroatoms. The van der Waals surface area contributed by atoms with Crippen LogP contribution in [0.5, 0.6) is 0 Å². The molecule has 18 heavy (non-hydrogen) atoms. The number of carboxylic acid groups (broad SMARTS) is 1. The van der Waals surface area contributed by atoms with E-state index in [-0.39, 0.29) is 44.2 Å². The summed E-state index contributed by atoms with van der Waals surface area (Å²) in [7, 11) is 0. The van der Waals surface area contributed by atoms with Crippen molar-refractivity contribution in [1.29, 1.82) is 0 Å². The highest BCUT2D eigenvalue weighted by Gasteiger charge is 2.21. The number of carboxylic acids is 1. The summed E-state index contributed by atoms with van der Waals surface area (Å²) in [6, 6.07) is -1.94. The highest BCUT2D eigenvalue weighted by molar-refractivity contribution is 5.85. The molecule has 108 valence electrons. The summed E-state index contributed by atoms with van der Waals surface area (Å²) >= 11 is 0. The van der Waals surface area contributed by atoms with E-state index in [1.807, 2.05) is 0 Å². The van der Waals surface area contributed by atoms with Crippen LogP contribution in [-0.2, 0) is 4.79 Å². The van der Waals surface area contributed by atoms with Crippen molar-refractivity contribution in [3.63, 3.8) is 0 Å². The van der Waals surface area contributed by atoms with Crippen molar-refractivity contribution in [2.75, 3.05) is 6.54 Å². The molecule has 0 saturated carbocycles. The fraction of sp³-hybridized carbons (Fsp3) is 0.556. The van der Waals surface area contributed by atoms with Crippen LogP contribution >= 0.6 is 24.8 Å². The predicted molar refractivity (Wildman–Crippen MR) is 70.7 cm³/mol. The summed E-state index contributed by atoms with van der Waals surface area (Å²) in [5.41, 5.74) is 10.1. The topological polar surface area (TPSA) is 102 Å². The molecule has 1 atom stereocenters. The van der Waals surface area contributed by atoms with Gasteiger partial charge in [-0.2, -0.15) is 0 Å². The van der Waals surface area contributed by atoms with Crippen LogP contribution in [-0.4, -0.2) is 29.5 Å². The summed E-state index contributed by atoms with van der Waals surface area (Å²) in [4.78, 5) is 14.0. The zero-order chi connectivity index (χ0) is 12.7. The third-order valence-corrected chi connectivity index (χ3v) is 1.71. The molecular formula is C9H17Cl2F2N3O2. The van der Waals surface area contributed by atoms with Crippen molar-refractivity contribution in [2.45, 2.75) is 25.8 Å². The summed E-state index contributed by atoms with van der Waals surface area (Å²) in [5.74, 6) is -3.85. The van der Waals surface area contributed by atoms with E-state index in [0.717, 1.165) is 0 Å². The van der Waals surface area contributed by atoms with Gasteiger partial charge in [-0.05, 0) is 13.3 Å². The Bertz CT molecular complexity index is 321. The molecular weight excluding hydrogens is 291 g/mol. The second-order valence-electron chi connectivity index (χ2n) is 3.20. The first kappa shape index (κ1) is 22.3. The van der Waals surface area contributed by atoms with E-state index in [4.69, 9.17) is 16.6 Å². The third-order valence-electron chi connectivity index (χ3n) is 1.71. The molecule has 0 aliphatic rings. The number of rotatable bonds is 6. The zero-order valence-corrected chi connectivity index (χ0v) is 11.4. The maximum absolute atomic E-state index is 13.0. The number of aliphatic imine (C=N–C) groups is 1. The Labute approximate surface area is 116 Å². The van der Waals surface area contributed by atoms with E-state index >= 15 is 0 Å². The van der Waals surface area contributed by atoms with E-state index in [0.29, 0.717) is 5.84 Å². The van der Waals surface area contributed by atoms with Crippen LogP contribution in [0.4, 0.5) is 8.78 Å². The van der Waals surface area contributed by atoms with E-state index in [2.05, 4.69) is 4.99 Å². The Kier molecular flexibility index (Phi) is 13.8. The minimum Gasteiger partial charge on any atom is -0.480 e. The largest absolute Gasteiger partial charge is 0.480 e. The van der Waals surface area contributed by atoms with E-state index < -0.39 is 23.7 Å². The Hall–Kier alpha value is -0.920. The number of aliphatic carboxylic acids is 1. The predicted octanol–water partition coefficient (Wildman–Crippen LogP) is 1.55. The molecule has 0 radical (unpaired) electrons. The lowest BCUT2D eigenvalue weighted by Gasteiger charge is -2.04. The Morgan fingerprint density at radius 3 is 2.28 bits per heavy atom. The van der Waals surface area contributed by atoms with Gasteiger partial charge in [-0.15, -0.1) is 24.8 Å². The standard InChI is InChI=1S/C9H15F2N3O2.2ClH/c1-5(12)14-4-2-3-6(10)7(11)8(13)9(15)16;;/h8H,2-4,13H2,1H3,(H2,12,14)(H,15,16);2*1H/b7-6-;;. The van der Waals surface area contributed by atoms with Crippen molar-refractivity contribution in [3.05, 3.63) is 11.7 Å². The molecule has 1 unspecified atom stereocenters. The molecule has 5 nitrogen and oxygen atoms in total. The number of nitrogens with zero attached hydrogens (tertiary/aromatic N) is 1. The first-order valence-corrected chi connectivity index (χ1v) is 4.65. The monoisotopic (exact) mass is 307 g/mol. The maximum atomic E-state index is 13.0. The van der Waals surface area contributed by atoms with Crippen LogP contribution in [0.2, 0.25) is 0 Å². The quantitative estimate of drug-likeness (QED) is 0.393. The Morgan fingerprint density at radius 2 is 1.89 bits per heavy atom. The van der Waals surface area contributed by atoms with E-state index in [1.165, 1.54) is 0 Å². The molecule has 0 rings (SSSR count). The molecule has 0 aromatic carbocycles. The molecule has 0 spiro atoms. The number of hydrogen-bond donors (Lipinski definition) is 3. The molecule has 0 amide bonds. The van der Waals surface area contributed by atoms with Crippen LogP contribution < -0.4 is 11.5 Å². The third kappa shape index (κ3) is 9.15. The number of allylic oxidation sites excluding steroid dienone is 1. The van der Waals surface area contributed by atoms with Crippen molar-refractivity contribution in [2.24, 2.45) is 16.5 Å². The molecule has 0 aliphatic heterocycles. The van der Waals surface area contributed by atoms with Gasteiger partial charge in [-0.1, -0.05) is 0 Å². The SMILES string of the molecule is CC(N)=NCCC/C(F)=C(/F)C(N)C(=O)O.Cl.Cl. The molecule has 0 fully saturated rings. The second kappa shape index (κ2) is 11.2. The number of nitrogens with two attached hydrogens (primary N) is 2. The van der Waals surface area contributed by atoms with E-state index in [9.17, 15) is 13.6 Å². The van der Waals surface area contributed by atoms with Gasteiger partial charge in [0.15, 0.2) is 11.9 Å². The molecule has 0 aromatic rings. The van der Waals surface area contributed by atoms with Gasteiger partial charge in [-0.3, -0.25) is 9.79 Å². The van der Waals surface area contributed by atoms with Gasteiger partial charge in [-0.25, -0.2) is 8.78 Å². The van der Waals surface area contributed by atoms with Gasteiger partial charge in [0, 0.05) is 13.0 Å². The fourth-order valence-electron chi connectivity index (χ4n) is 0.886. The van der Waals surface area contributed by atoms with Crippen molar-refractivity contribution in [3.8, 4) is 0 Å². The van der Waals surface area contributed by atoms with Gasteiger partial charge in [0.25, 0.3) is 0 Å². The summed E-state index contributed by atoms with van der Waals surface area (Å²) in [6.45, 7) is 1.83. The van der Waals surface area contributed by atoms with Crippen molar-refractivity contribution >= 4 is 36.6 Å². The van der Waals surface area contributed by atoms with Crippen LogP contribution in [0, 0.1) is 0 Å². The Balaban J connectivity index is -0.00000112. The smallest absolute Gasteiger partial charge is 0.327 e. The van der Waals surface area contributed by atoms with Gasteiger partial charge in [0.1, 0.15) is 5.83 Å². The molecule has 0 bridgehead atoms. The number of hydrogen-bond acceptors (Lipinski definition) is 3. The van der Waals surface area contributed by atoms with Crippen LogP contribution in [0.1, 0.15) is 19.8 Å². The van der Waals surface area contributed by atoms with Crippen LogP contribution in [0.3, 0.4) is 0 Å². The van der Waals surface area contributed by atoms with Crippen molar-refractivity contribution < 1.29 is 18.7 Å². The van der Waals surface area contributed by atoms with Gasteiger partial charge >= 0.3 is 5.97 Å². The molecule has 0 aromatic heterocycles. The number of carbonyl (C=O) groups is 1. The highest BCUT2D eigenvalue weighted by atomic mass is 35.5. The van der Waals surface area contributed by atoms with Gasteiger partial charge in [0.2, 0.25) is 0 Å². The molecule has 5 N–H and O–H groups in total. The normalized spacial score (nSPS) is 13.9. The van der Waals surface area contributed by atoms with Crippen LogP contribution in [0.25, 0.3) is 0 Å². The van der Waals surface area contributed by atoms with Gasteiger partial charge < -0.3 is 16.6 Å². The lowest BCUT2D eigenvalue weighted by molar-refractivity contribution is -0.138. The first-order chi connectivity index (χ1) is 7.36. The average Bonchev–Trinajstić information content (AvgIpc) is 2.21. The van der Waals surface area contributed by atoms with Crippen LogP contribution in [0.15, 0.2) is 16.6 Å². The second-order valence-corrected chi connectivity index (χ2v) is 3.20. The maximum Gasteiger partial charge on any atom is 0.327 e. The number of halogens is 4. The molecule has 0 heterocycles. The van der Waals surface area contributed by atoms with E-state index in [1.54, 1.807) is 6.92 Å². The average molecular weight is 308 g/mol. The zero-order valence-electron chi connectivity index (χ0n) is 9.73. The Morgan fingerprint density at radius 1 is 1.39 bits per heavy atom. The lowest BCUT2D eigenvalue weighted by Crippen LogP contribution is -2.31. The summed E-state index contributed by atoms with van der Waals surface area (Å²) in [6.07, 6.45) is -0.0102. The minimum absolute atomic E-state index is 0. The number of amidine groups is 1. The first-order valence-electron chi connectivity index (χ1n) is 4.65. The minimum atomic E-state index is -1.94. The van der Waals surface area contributed by atoms with Gasteiger partial charge in [0.05, 0.1) is 5.84 Å². The fourth-order valence-corrected chi connectivity index (χ4v) is 0.886. The molecule has 0 saturated heterocycles. The summed E-state index contributed by atoms with van der Waals surface area (Å²) in [5, 5.41) is 8.34.